The number of methoxy groups -OCH3 is 1. The van der Waals surface area contributed by atoms with Crippen molar-refractivity contribution in [3.05, 3.63) is 107 Å². The number of nitrogens with zero attached hydrogens (tertiary/aromatic N) is 5. The van der Waals surface area contributed by atoms with Gasteiger partial charge in [0.05, 0.1) is 31.0 Å². The van der Waals surface area contributed by atoms with E-state index >= 15 is 0 Å². The molecule has 3 aromatic carbocycles. The molecule has 41 heavy (non-hydrogen) atoms. The van der Waals surface area contributed by atoms with Gasteiger partial charge in [-0.1, -0.05) is 60.7 Å². The Balaban J connectivity index is 1.40. The molecule has 1 aliphatic rings. The number of carbonyl (C=O) groups excluding carboxylic acids is 1. The standard InChI is InChI=1S/C33H32N6O2/c1-21(27-18-25-12-8-9-13-28(25)37-30(27)24-10-6-5-7-11-24)34-31-29-32(36-22(2)35-31)39(20-38(3)33(29)40)19-23-14-16-26(41-4)17-15-23/h5-18,21H,19-20H2,1-4H3,(H,34,35,36). The molecule has 8 nitrogen and oxygen atoms in total. The van der Waals surface area contributed by atoms with Crippen LogP contribution in [0.15, 0.2) is 84.9 Å². The third-order valence-corrected chi connectivity index (χ3v) is 7.40. The SMILES string of the molecule is COc1ccc(CN2CN(C)C(=O)c3c(NC(C)c4cc5ccccc5nc4-c4ccccc4)nc(C)nc32)cc1. The van der Waals surface area contributed by atoms with Crippen molar-refractivity contribution in [3.63, 3.8) is 0 Å². The summed E-state index contributed by atoms with van der Waals surface area (Å²) in [6.45, 7) is 4.95. The Morgan fingerprint density at radius 2 is 1.68 bits per heavy atom. The zero-order valence-corrected chi connectivity index (χ0v) is 23.6. The lowest BCUT2D eigenvalue weighted by Gasteiger charge is -2.36. The number of para-hydroxylation sites is 1. The summed E-state index contributed by atoms with van der Waals surface area (Å²) in [6, 6.07) is 28.2. The maximum Gasteiger partial charge on any atom is 0.262 e. The quantitative estimate of drug-likeness (QED) is 0.260. The summed E-state index contributed by atoms with van der Waals surface area (Å²) in [5.74, 6) is 2.43. The topological polar surface area (TPSA) is 83.5 Å². The van der Waals surface area contributed by atoms with E-state index in [0.29, 0.717) is 36.2 Å². The zero-order chi connectivity index (χ0) is 28.5. The minimum atomic E-state index is -0.198. The molecule has 0 bridgehead atoms. The zero-order valence-electron chi connectivity index (χ0n) is 23.6. The molecular weight excluding hydrogens is 512 g/mol. The lowest BCUT2D eigenvalue weighted by Crippen LogP contribution is -2.45. The summed E-state index contributed by atoms with van der Waals surface area (Å²) in [5.41, 5.74) is 5.45. The Morgan fingerprint density at radius 3 is 2.44 bits per heavy atom. The van der Waals surface area contributed by atoms with E-state index in [-0.39, 0.29) is 11.9 Å². The minimum Gasteiger partial charge on any atom is -0.497 e. The van der Waals surface area contributed by atoms with Gasteiger partial charge in [-0.15, -0.1) is 0 Å². The summed E-state index contributed by atoms with van der Waals surface area (Å²) in [5, 5.41) is 4.62. The largest absolute Gasteiger partial charge is 0.497 e. The number of benzene rings is 3. The fraction of sp³-hybridized carbons (Fsp3) is 0.212. The fourth-order valence-corrected chi connectivity index (χ4v) is 5.31. The number of fused-ring (bicyclic) bond motifs is 2. The van der Waals surface area contributed by atoms with Crippen LogP contribution in [0.2, 0.25) is 0 Å². The van der Waals surface area contributed by atoms with Crippen molar-refractivity contribution in [2.45, 2.75) is 26.4 Å². The van der Waals surface area contributed by atoms with Gasteiger partial charge in [-0.25, -0.2) is 15.0 Å². The molecule has 3 heterocycles. The number of pyridine rings is 1. The molecule has 6 rings (SSSR count). The lowest BCUT2D eigenvalue weighted by molar-refractivity contribution is 0.0781. The molecule has 8 heteroatoms. The first-order valence-corrected chi connectivity index (χ1v) is 13.6. The van der Waals surface area contributed by atoms with Crippen molar-refractivity contribution in [1.82, 2.24) is 19.9 Å². The Labute approximate surface area is 239 Å². The van der Waals surface area contributed by atoms with Gasteiger partial charge in [-0.3, -0.25) is 4.79 Å². The van der Waals surface area contributed by atoms with Crippen LogP contribution in [0.25, 0.3) is 22.2 Å². The Morgan fingerprint density at radius 1 is 0.951 bits per heavy atom. The molecule has 5 aromatic rings. The summed E-state index contributed by atoms with van der Waals surface area (Å²) in [7, 11) is 3.46. The van der Waals surface area contributed by atoms with Crippen LogP contribution in [-0.4, -0.2) is 46.6 Å². The Hall–Kier alpha value is -4.98. The molecule has 2 aromatic heterocycles. The highest BCUT2D eigenvalue weighted by atomic mass is 16.5. The van der Waals surface area contributed by atoms with Crippen LogP contribution < -0.4 is 15.0 Å². The molecule has 0 fully saturated rings. The van der Waals surface area contributed by atoms with Crippen molar-refractivity contribution < 1.29 is 9.53 Å². The molecule has 1 aliphatic heterocycles. The van der Waals surface area contributed by atoms with Crippen LogP contribution in [0.4, 0.5) is 11.6 Å². The normalized spacial score (nSPS) is 13.7. The number of anilines is 2. The van der Waals surface area contributed by atoms with E-state index in [9.17, 15) is 4.79 Å². The van der Waals surface area contributed by atoms with Gasteiger partial charge in [0.1, 0.15) is 28.8 Å². The molecule has 0 saturated carbocycles. The fourth-order valence-electron chi connectivity index (χ4n) is 5.31. The van der Waals surface area contributed by atoms with E-state index in [0.717, 1.165) is 39.0 Å². The lowest BCUT2D eigenvalue weighted by atomic mass is 9.98. The van der Waals surface area contributed by atoms with Crippen LogP contribution in [0.5, 0.6) is 5.75 Å². The molecule has 1 N–H and O–H groups in total. The molecule has 206 valence electrons. The third-order valence-electron chi connectivity index (χ3n) is 7.40. The van der Waals surface area contributed by atoms with Crippen LogP contribution in [-0.2, 0) is 6.54 Å². The summed E-state index contributed by atoms with van der Waals surface area (Å²) < 4.78 is 5.31. The first-order chi connectivity index (χ1) is 19.9. The molecule has 0 spiro atoms. The van der Waals surface area contributed by atoms with Crippen molar-refractivity contribution >= 4 is 28.4 Å². The number of carbonyl (C=O) groups is 1. The summed E-state index contributed by atoms with van der Waals surface area (Å²) >= 11 is 0. The molecule has 0 saturated heterocycles. The molecular formula is C33H32N6O2. The first-order valence-electron chi connectivity index (χ1n) is 13.6. The maximum absolute atomic E-state index is 13.6. The van der Waals surface area contributed by atoms with Gasteiger partial charge in [0.25, 0.3) is 5.91 Å². The summed E-state index contributed by atoms with van der Waals surface area (Å²) in [4.78, 5) is 31.9. The minimum absolute atomic E-state index is 0.111. The number of rotatable bonds is 7. The van der Waals surface area contributed by atoms with E-state index in [1.807, 2.05) is 67.6 Å². The van der Waals surface area contributed by atoms with Crippen LogP contribution in [0, 0.1) is 6.92 Å². The molecule has 0 radical (unpaired) electrons. The second-order valence-corrected chi connectivity index (χ2v) is 10.4. The second kappa shape index (κ2) is 10.9. The number of nitrogens with one attached hydrogen (secondary N) is 1. The first kappa shape index (κ1) is 26.3. The van der Waals surface area contributed by atoms with Gasteiger partial charge < -0.3 is 19.9 Å². The Kier molecular flexibility index (Phi) is 6.97. The molecule has 1 unspecified atom stereocenters. The predicted molar refractivity (Wildman–Crippen MR) is 162 cm³/mol. The highest BCUT2D eigenvalue weighted by molar-refractivity contribution is 6.05. The van der Waals surface area contributed by atoms with Crippen molar-refractivity contribution in [3.8, 4) is 17.0 Å². The predicted octanol–water partition coefficient (Wildman–Crippen LogP) is 6.23. The van der Waals surface area contributed by atoms with Gasteiger partial charge in [0.2, 0.25) is 0 Å². The highest BCUT2D eigenvalue weighted by Gasteiger charge is 2.33. The van der Waals surface area contributed by atoms with Gasteiger partial charge >= 0.3 is 0 Å². The number of amides is 1. The van der Waals surface area contributed by atoms with Crippen molar-refractivity contribution in [2.24, 2.45) is 0 Å². The average molecular weight is 545 g/mol. The van der Waals surface area contributed by atoms with E-state index in [1.165, 1.54) is 0 Å². The number of aromatic nitrogens is 3. The van der Waals surface area contributed by atoms with Crippen LogP contribution in [0.3, 0.4) is 0 Å². The Bertz CT molecular complexity index is 1720. The van der Waals surface area contributed by atoms with E-state index < -0.39 is 0 Å². The number of hydrogen-bond donors (Lipinski definition) is 1. The van der Waals surface area contributed by atoms with Gasteiger partial charge in [0, 0.05) is 30.1 Å². The monoisotopic (exact) mass is 544 g/mol. The number of ether oxygens (including phenoxy) is 1. The second-order valence-electron chi connectivity index (χ2n) is 10.4. The average Bonchev–Trinajstić information content (AvgIpc) is 2.99. The van der Waals surface area contributed by atoms with Crippen molar-refractivity contribution in [1.29, 1.82) is 0 Å². The van der Waals surface area contributed by atoms with E-state index in [2.05, 4.69) is 41.4 Å². The van der Waals surface area contributed by atoms with Gasteiger partial charge in [-0.05, 0) is 43.7 Å². The number of hydrogen-bond acceptors (Lipinski definition) is 7. The molecule has 0 aliphatic carbocycles. The van der Waals surface area contributed by atoms with E-state index in [1.54, 1.807) is 19.1 Å². The third kappa shape index (κ3) is 5.16. The van der Waals surface area contributed by atoms with Gasteiger partial charge in [-0.2, -0.15) is 0 Å². The molecule has 1 amide bonds. The van der Waals surface area contributed by atoms with Gasteiger partial charge in [0.15, 0.2) is 0 Å². The van der Waals surface area contributed by atoms with E-state index in [4.69, 9.17) is 19.7 Å². The maximum atomic E-state index is 13.6. The molecule has 1 atom stereocenters. The van der Waals surface area contributed by atoms with Crippen LogP contribution >= 0.6 is 0 Å². The smallest absolute Gasteiger partial charge is 0.262 e. The van der Waals surface area contributed by atoms with Crippen LogP contribution in [0.1, 0.15) is 40.3 Å². The highest BCUT2D eigenvalue weighted by Crippen LogP contribution is 2.35. The van der Waals surface area contributed by atoms with Crippen molar-refractivity contribution in [2.75, 3.05) is 31.0 Å². The summed E-state index contributed by atoms with van der Waals surface area (Å²) in [6.07, 6.45) is 0. The number of aryl methyl sites for hydroxylation is 1.